The SMILES string of the molecule is COC(=O)C1(CC2CCOCC2)COC1. The minimum absolute atomic E-state index is 0.111. The van der Waals surface area contributed by atoms with E-state index in [1.54, 1.807) is 0 Å². The topological polar surface area (TPSA) is 44.8 Å². The van der Waals surface area contributed by atoms with E-state index in [-0.39, 0.29) is 11.4 Å². The first-order valence-corrected chi connectivity index (χ1v) is 5.51. The summed E-state index contributed by atoms with van der Waals surface area (Å²) in [7, 11) is 1.45. The minimum Gasteiger partial charge on any atom is -0.468 e. The van der Waals surface area contributed by atoms with E-state index in [4.69, 9.17) is 14.2 Å². The van der Waals surface area contributed by atoms with Gasteiger partial charge in [-0.2, -0.15) is 0 Å². The second-order valence-corrected chi connectivity index (χ2v) is 4.52. The lowest BCUT2D eigenvalue weighted by atomic mass is 9.75. The summed E-state index contributed by atoms with van der Waals surface area (Å²) >= 11 is 0. The number of hydrogen-bond donors (Lipinski definition) is 0. The Morgan fingerprint density at radius 2 is 2.00 bits per heavy atom. The molecule has 4 nitrogen and oxygen atoms in total. The monoisotopic (exact) mass is 214 g/mol. The third-order valence-corrected chi connectivity index (χ3v) is 3.40. The molecule has 0 aliphatic carbocycles. The zero-order valence-corrected chi connectivity index (χ0v) is 9.16. The molecule has 0 spiro atoms. The first kappa shape index (κ1) is 10.9. The smallest absolute Gasteiger partial charge is 0.316 e. The van der Waals surface area contributed by atoms with Crippen LogP contribution < -0.4 is 0 Å². The Labute approximate surface area is 89.9 Å². The van der Waals surface area contributed by atoms with Gasteiger partial charge >= 0.3 is 5.97 Å². The highest BCUT2D eigenvalue weighted by Gasteiger charge is 2.48. The fraction of sp³-hybridized carbons (Fsp3) is 0.909. The fourth-order valence-electron chi connectivity index (χ4n) is 2.39. The molecule has 0 radical (unpaired) electrons. The third-order valence-electron chi connectivity index (χ3n) is 3.40. The zero-order valence-electron chi connectivity index (χ0n) is 9.16. The van der Waals surface area contributed by atoms with Gasteiger partial charge < -0.3 is 14.2 Å². The van der Waals surface area contributed by atoms with E-state index in [2.05, 4.69) is 0 Å². The van der Waals surface area contributed by atoms with Gasteiger partial charge in [-0.05, 0) is 25.2 Å². The molecule has 0 N–H and O–H groups in total. The first-order chi connectivity index (χ1) is 7.27. The Morgan fingerprint density at radius 3 is 2.47 bits per heavy atom. The summed E-state index contributed by atoms with van der Waals surface area (Å²) in [6, 6.07) is 0. The van der Waals surface area contributed by atoms with E-state index in [9.17, 15) is 4.79 Å². The van der Waals surface area contributed by atoms with Gasteiger partial charge in [0.15, 0.2) is 0 Å². The number of rotatable bonds is 3. The normalized spacial score (nSPS) is 25.7. The number of esters is 1. The lowest BCUT2D eigenvalue weighted by Crippen LogP contribution is -2.51. The van der Waals surface area contributed by atoms with Gasteiger partial charge in [0.2, 0.25) is 0 Å². The molecule has 86 valence electrons. The minimum atomic E-state index is -0.350. The Bertz CT molecular complexity index is 229. The average Bonchev–Trinajstić information content (AvgIpc) is 2.24. The molecule has 0 aromatic rings. The molecule has 0 bridgehead atoms. The fourth-order valence-corrected chi connectivity index (χ4v) is 2.39. The Kier molecular flexibility index (Phi) is 3.26. The van der Waals surface area contributed by atoms with Crippen LogP contribution in [0.15, 0.2) is 0 Å². The van der Waals surface area contributed by atoms with Crippen LogP contribution in [0.5, 0.6) is 0 Å². The Hall–Kier alpha value is -0.610. The highest BCUT2D eigenvalue weighted by Crippen LogP contribution is 2.38. The van der Waals surface area contributed by atoms with Crippen LogP contribution in [0.1, 0.15) is 19.3 Å². The van der Waals surface area contributed by atoms with Crippen LogP contribution in [0, 0.1) is 11.3 Å². The molecule has 2 saturated heterocycles. The summed E-state index contributed by atoms with van der Waals surface area (Å²) in [5.41, 5.74) is -0.350. The molecular formula is C11H18O4. The molecule has 15 heavy (non-hydrogen) atoms. The van der Waals surface area contributed by atoms with Crippen LogP contribution in [0.25, 0.3) is 0 Å². The van der Waals surface area contributed by atoms with Crippen LogP contribution in [0.3, 0.4) is 0 Å². The van der Waals surface area contributed by atoms with Crippen LogP contribution in [0.2, 0.25) is 0 Å². The summed E-state index contributed by atoms with van der Waals surface area (Å²) in [5, 5.41) is 0. The van der Waals surface area contributed by atoms with Crippen molar-refractivity contribution in [2.24, 2.45) is 11.3 Å². The molecule has 4 heteroatoms. The van der Waals surface area contributed by atoms with E-state index in [0.717, 1.165) is 32.5 Å². The third kappa shape index (κ3) is 2.16. The van der Waals surface area contributed by atoms with Crippen molar-refractivity contribution < 1.29 is 19.0 Å². The van der Waals surface area contributed by atoms with E-state index in [0.29, 0.717) is 19.1 Å². The zero-order chi connectivity index (χ0) is 10.7. The molecule has 0 atom stereocenters. The summed E-state index contributed by atoms with van der Waals surface area (Å²) in [6.07, 6.45) is 3.00. The number of hydrogen-bond acceptors (Lipinski definition) is 4. The van der Waals surface area contributed by atoms with Crippen molar-refractivity contribution in [2.45, 2.75) is 19.3 Å². The van der Waals surface area contributed by atoms with Gasteiger partial charge in [-0.25, -0.2) is 0 Å². The van der Waals surface area contributed by atoms with Crippen LogP contribution in [-0.2, 0) is 19.0 Å². The second kappa shape index (κ2) is 4.49. The average molecular weight is 214 g/mol. The molecule has 2 aliphatic rings. The van der Waals surface area contributed by atoms with Crippen molar-refractivity contribution in [1.29, 1.82) is 0 Å². The molecule has 2 heterocycles. The predicted molar refractivity (Wildman–Crippen MR) is 53.4 cm³/mol. The van der Waals surface area contributed by atoms with Crippen molar-refractivity contribution in [2.75, 3.05) is 33.5 Å². The molecule has 2 rings (SSSR count). The maximum absolute atomic E-state index is 11.7. The van der Waals surface area contributed by atoms with E-state index < -0.39 is 0 Å². The summed E-state index contributed by atoms with van der Waals surface area (Å²) < 4.78 is 15.3. The first-order valence-electron chi connectivity index (χ1n) is 5.51. The Balaban J connectivity index is 1.92. The number of methoxy groups -OCH3 is 1. The molecular weight excluding hydrogens is 196 g/mol. The van der Waals surface area contributed by atoms with Crippen LogP contribution in [-0.4, -0.2) is 39.5 Å². The van der Waals surface area contributed by atoms with Crippen molar-refractivity contribution in [3.05, 3.63) is 0 Å². The van der Waals surface area contributed by atoms with Gasteiger partial charge in [0.25, 0.3) is 0 Å². The van der Waals surface area contributed by atoms with E-state index in [1.165, 1.54) is 7.11 Å². The lowest BCUT2D eigenvalue weighted by Gasteiger charge is -2.41. The van der Waals surface area contributed by atoms with Gasteiger partial charge in [-0.3, -0.25) is 4.79 Å². The maximum atomic E-state index is 11.7. The molecule has 0 unspecified atom stereocenters. The molecule has 0 amide bonds. The Morgan fingerprint density at radius 1 is 1.33 bits per heavy atom. The summed E-state index contributed by atoms with van der Waals surface area (Å²) in [4.78, 5) is 11.7. The van der Waals surface area contributed by atoms with Crippen LogP contribution in [0.4, 0.5) is 0 Å². The van der Waals surface area contributed by atoms with Crippen LogP contribution >= 0.6 is 0 Å². The molecule has 0 saturated carbocycles. The molecule has 0 aromatic carbocycles. The number of carbonyl (C=O) groups is 1. The van der Waals surface area contributed by atoms with Crippen molar-refractivity contribution in [1.82, 2.24) is 0 Å². The highest BCUT2D eigenvalue weighted by molar-refractivity contribution is 5.78. The van der Waals surface area contributed by atoms with Gasteiger partial charge in [-0.15, -0.1) is 0 Å². The van der Waals surface area contributed by atoms with E-state index in [1.807, 2.05) is 0 Å². The maximum Gasteiger partial charge on any atom is 0.316 e. The highest BCUT2D eigenvalue weighted by atomic mass is 16.5. The summed E-state index contributed by atoms with van der Waals surface area (Å²) in [5.74, 6) is 0.474. The summed E-state index contributed by atoms with van der Waals surface area (Å²) in [6.45, 7) is 2.69. The standard InChI is InChI=1S/C11H18O4/c1-13-10(12)11(7-15-8-11)6-9-2-4-14-5-3-9/h9H,2-8H2,1H3. The van der Waals surface area contributed by atoms with Gasteiger partial charge in [0, 0.05) is 13.2 Å². The van der Waals surface area contributed by atoms with Gasteiger partial charge in [0.1, 0.15) is 5.41 Å². The number of ether oxygens (including phenoxy) is 3. The second-order valence-electron chi connectivity index (χ2n) is 4.52. The largest absolute Gasteiger partial charge is 0.468 e. The lowest BCUT2D eigenvalue weighted by molar-refractivity contribution is -0.188. The quantitative estimate of drug-likeness (QED) is 0.657. The molecule has 2 aliphatic heterocycles. The van der Waals surface area contributed by atoms with Crippen molar-refractivity contribution in [3.8, 4) is 0 Å². The molecule has 2 fully saturated rings. The van der Waals surface area contributed by atoms with Crippen molar-refractivity contribution >= 4 is 5.97 Å². The van der Waals surface area contributed by atoms with Gasteiger partial charge in [0.05, 0.1) is 20.3 Å². The number of carbonyl (C=O) groups excluding carboxylic acids is 1. The molecule has 0 aromatic heterocycles. The van der Waals surface area contributed by atoms with E-state index >= 15 is 0 Å². The van der Waals surface area contributed by atoms with Gasteiger partial charge in [-0.1, -0.05) is 0 Å². The van der Waals surface area contributed by atoms with Crippen molar-refractivity contribution in [3.63, 3.8) is 0 Å². The predicted octanol–water partition coefficient (Wildman–Crippen LogP) is 0.993.